The molecule has 3 heterocycles. The molecule has 0 N–H and O–H groups in total. The Morgan fingerprint density at radius 2 is 1.78 bits per heavy atom. The Bertz CT molecular complexity index is 1390. The number of rotatable bonds is 7. The Balaban J connectivity index is 1.22. The first-order chi connectivity index (χ1) is 17.5. The molecule has 0 radical (unpaired) electrons. The highest BCUT2D eigenvalue weighted by Crippen LogP contribution is 2.24. The van der Waals surface area contributed by atoms with Gasteiger partial charge in [-0.2, -0.15) is 9.61 Å². The molecule has 9 heteroatoms. The first-order valence-corrected chi connectivity index (χ1v) is 13.0. The Kier molecular flexibility index (Phi) is 7.11. The van der Waals surface area contributed by atoms with E-state index in [2.05, 4.69) is 10.00 Å². The second kappa shape index (κ2) is 10.6. The van der Waals surface area contributed by atoms with E-state index in [0.29, 0.717) is 49.9 Å². The van der Waals surface area contributed by atoms with Crippen molar-refractivity contribution in [3.8, 4) is 16.3 Å². The molecule has 0 saturated carbocycles. The number of benzene rings is 2. The Labute approximate surface area is 213 Å². The van der Waals surface area contributed by atoms with Crippen LogP contribution < -0.4 is 10.3 Å². The summed E-state index contributed by atoms with van der Waals surface area (Å²) in [6, 6.07) is 19.1. The number of hydrogen-bond donors (Lipinski definition) is 0. The molecule has 0 aliphatic carbocycles. The molecular weight excluding hydrogens is 474 g/mol. The van der Waals surface area contributed by atoms with Crippen LogP contribution in [0.2, 0.25) is 0 Å². The number of ether oxygens (including phenoxy) is 1. The van der Waals surface area contributed by atoms with Gasteiger partial charge >= 0.3 is 0 Å². The third-order valence-electron chi connectivity index (χ3n) is 6.33. The van der Waals surface area contributed by atoms with Crippen molar-refractivity contribution in [2.24, 2.45) is 0 Å². The predicted octanol–water partition coefficient (Wildman–Crippen LogP) is 3.63. The van der Waals surface area contributed by atoms with Crippen molar-refractivity contribution in [3.05, 3.63) is 82.3 Å². The first kappa shape index (κ1) is 24.1. The van der Waals surface area contributed by atoms with Gasteiger partial charge in [-0.1, -0.05) is 66.3 Å². The molecule has 36 heavy (non-hydrogen) atoms. The molecule has 1 aliphatic rings. The normalized spacial score (nSPS) is 15.2. The monoisotopic (exact) mass is 503 g/mol. The number of aromatic nitrogens is 3. The number of hydrogen-bond acceptors (Lipinski definition) is 7. The van der Waals surface area contributed by atoms with Gasteiger partial charge < -0.3 is 9.64 Å². The molecule has 5 rings (SSSR count). The lowest BCUT2D eigenvalue weighted by atomic mass is 10.2. The smallest absolute Gasteiger partial charge is 0.275 e. The van der Waals surface area contributed by atoms with Gasteiger partial charge in [0.05, 0.1) is 5.69 Å². The van der Waals surface area contributed by atoms with Crippen LogP contribution in [-0.2, 0) is 11.3 Å². The quantitative estimate of drug-likeness (QED) is 0.383. The van der Waals surface area contributed by atoms with Crippen LogP contribution in [0.15, 0.2) is 65.5 Å². The summed E-state index contributed by atoms with van der Waals surface area (Å²) < 4.78 is 7.31. The lowest BCUT2D eigenvalue weighted by Crippen LogP contribution is -2.52. The summed E-state index contributed by atoms with van der Waals surface area (Å²) in [6.45, 7) is 7.23. The zero-order valence-electron chi connectivity index (χ0n) is 20.5. The Morgan fingerprint density at radius 3 is 2.47 bits per heavy atom. The van der Waals surface area contributed by atoms with Gasteiger partial charge in [0.1, 0.15) is 10.8 Å². The average molecular weight is 504 g/mol. The van der Waals surface area contributed by atoms with E-state index < -0.39 is 6.10 Å². The van der Waals surface area contributed by atoms with Crippen molar-refractivity contribution in [1.29, 1.82) is 0 Å². The molecule has 0 bridgehead atoms. The molecule has 1 aliphatic heterocycles. The number of carbonyl (C=O) groups is 1. The maximum absolute atomic E-state index is 13.0. The van der Waals surface area contributed by atoms with E-state index in [4.69, 9.17) is 9.72 Å². The van der Waals surface area contributed by atoms with Crippen molar-refractivity contribution in [2.75, 3.05) is 26.2 Å². The highest BCUT2D eigenvalue weighted by Gasteiger charge is 2.28. The number of nitrogens with zero attached hydrogens (tertiary/aromatic N) is 5. The number of fused-ring (bicyclic) bond motifs is 1. The topological polar surface area (TPSA) is 80.0 Å². The molecule has 1 saturated heterocycles. The van der Waals surface area contributed by atoms with Gasteiger partial charge in [-0.25, -0.2) is 4.98 Å². The summed E-state index contributed by atoms with van der Waals surface area (Å²) in [5.74, 6) is 0.727. The third-order valence-corrected chi connectivity index (χ3v) is 7.29. The molecule has 4 aromatic rings. The predicted molar refractivity (Wildman–Crippen MR) is 140 cm³/mol. The van der Waals surface area contributed by atoms with E-state index in [0.717, 1.165) is 16.3 Å². The van der Waals surface area contributed by atoms with Gasteiger partial charge in [0, 0.05) is 44.4 Å². The van der Waals surface area contributed by atoms with Crippen LogP contribution in [0, 0.1) is 6.92 Å². The number of aryl methyl sites for hydroxylation is 1. The van der Waals surface area contributed by atoms with Crippen LogP contribution >= 0.6 is 11.3 Å². The molecule has 8 nitrogen and oxygen atoms in total. The Hall–Kier alpha value is -3.56. The zero-order valence-corrected chi connectivity index (χ0v) is 21.3. The summed E-state index contributed by atoms with van der Waals surface area (Å²) in [5, 5.41) is 5.24. The summed E-state index contributed by atoms with van der Waals surface area (Å²) >= 11 is 1.41. The summed E-state index contributed by atoms with van der Waals surface area (Å²) in [7, 11) is 0. The molecule has 0 spiro atoms. The standard InChI is InChI=1S/C27H29N5O3S/c1-3-23(35-22-7-5-4-6-8-22)26(34)31-15-13-30(14-16-31)18-21-17-24(33)32-27(28-21)36-25(29-32)20-11-9-19(2)10-12-20/h4-12,17,23H,3,13-16,18H2,1-2H3/t23-/m0/s1. The van der Waals surface area contributed by atoms with Crippen LogP contribution in [0.1, 0.15) is 24.6 Å². The zero-order chi connectivity index (χ0) is 25.1. The van der Waals surface area contributed by atoms with Gasteiger partial charge in [-0.15, -0.1) is 0 Å². The second-order valence-corrected chi connectivity index (χ2v) is 9.94. The van der Waals surface area contributed by atoms with Crippen molar-refractivity contribution >= 4 is 22.2 Å². The molecule has 2 aromatic carbocycles. The molecule has 2 aromatic heterocycles. The van der Waals surface area contributed by atoms with Crippen LogP contribution in [-0.4, -0.2) is 62.6 Å². The minimum absolute atomic E-state index is 0.0205. The van der Waals surface area contributed by atoms with Crippen LogP contribution in [0.25, 0.3) is 15.5 Å². The van der Waals surface area contributed by atoms with E-state index in [-0.39, 0.29) is 11.5 Å². The van der Waals surface area contributed by atoms with Crippen molar-refractivity contribution in [1.82, 2.24) is 24.4 Å². The maximum atomic E-state index is 13.0. The lowest BCUT2D eigenvalue weighted by Gasteiger charge is -2.36. The van der Waals surface area contributed by atoms with Gasteiger partial charge in [-0.05, 0) is 25.5 Å². The number of para-hydroxylation sites is 1. The maximum Gasteiger partial charge on any atom is 0.275 e. The molecule has 186 valence electrons. The van der Waals surface area contributed by atoms with E-state index in [9.17, 15) is 9.59 Å². The summed E-state index contributed by atoms with van der Waals surface area (Å²) in [4.78, 5) is 35.2. The molecule has 0 unspecified atom stereocenters. The first-order valence-electron chi connectivity index (χ1n) is 12.2. The fourth-order valence-corrected chi connectivity index (χ4v) is 5.21. The van der Waals surface area contributed by atoms with E-state index in [1.165, 1.54) is 21.4 Å². The van der Waals surface area contributed by atoms with Gasteiger partial charge in [-0.3, -0.25) is 14.5 Å². The van der Waals surface area contributed by atoms with E-state index in [1.54, 1.807) is 6.07 Å². The number of carbonyl (C=O) groups excluding carboxylic acids is 1. The van der Waals surface area contributed by atoms with Crippen LogP contribution in [0.3, 0.4) is 0 Å². The van der Waals surface area contributed by atoms with Gasteiger partial charge in [0.15, 0.2) is 6.10 Å². The van der Waals surface area contributed by atoms with Gasteiger partial charge in [0.25, 0.3) is 11.5 Å². The largest absolute Gasteiger partial charge is 0.481 e. The molecule has 1 atom stereocenters. The minimum atomic E-state index is -0.489. The fourth-order valence-electron chi connectivity index (χ4n) is 4.28. The van der Waals surface area contributed by atoms with Gasteiger partial charge in [0.2, 0.25) is 4.96 Å². The summed E-state index contributed by atoms with van der Waals surface area (Å²) in [5.41, 5.74) is 2.69. The highest BCUT2D eigenvalue weighted by molar-refractivity contribution is 7.19. The van der Waals surface area contributed by atoms with Crippen LogP contribution in [0.5, 0.6) is 5.75 Å². The average Bonchev–Trinajstić information content (AvgIpc) is 3.33. The molecule has 1 amide bonds. The van der Waals surface area contributed by atoms with Crippen LogP contribution in [0.4, 0.5) is 0 Å². The highest BCUT2D eigenvalue weighted by atomic mass is 32.1. The van der Waals surface area contributed by atoms with Crippen molar-refractivity contribution in [3.63, 3.8) is 0 Å². The van der Waals surface area contributed by atoms with Crippen molar-refractivity contribution in [2.45, 2.75) is 32.9 Å². The second-order valence-electron chi connectivity index (χ2n) is 8.98. The fraction of sp³-hybridized carbons (Fsp3) is 0.333. The van der Waals surface area contributed by atoms with Crippen molar-refractivity contribution < 1.29 is 9.53 Å². The molecular formula is C27H29N5O3S. The third kappa shape index (κ3) is 5.32. The number of amides is 1. The number of piperazine rings is 1. The Morgan fingerprint density at radius 1 is 1.06 bits per heavy atom. The molecule has 1 fully saturated rings. The minimum Gasteiger partial charge on any atom is -0.481 e. The van der Waals surface area contributed by atoms with E-state index in [1.807, 2.05) is 73.3 Å². The lowest BCUT2D eigenvalue weighted by molar-refractivity contribution is -0.140. The van der Waals surface area contributed by atoms with E-state index >= 15 is 0 Å². The SMILES string of the molecule is CC[C@H](Oc1ccccc1)C(=O)N1CCN(Cc2cc(=O)n3nc(-c4ccc(C)cc4)sc3n2)CC1. The summed E-state index contributed by atoms with van der Waals surface area (Å²) in [6.07, 6.45) is 0.124.